The minimum Gasteiger partial charge on any atom is -0.396 e. The molecule has 1 aromatic heterocycles. The smallest absolute Gasteiger partial charge is 0.231 e. The Morgan fingerprint density at radius 1 is 1.40 bits per heavy atom. The van der Waals surface area contributed by atoms with Crippen molar-refractivity contribution in [2.75, 3.05) is 29.1 Å². The Morgan fingerprint density at radius 2 is 2.16 bits per heavy atom. The summed E-state index contributed by atoms with van der Waals surface area (Å²) >= 11 is 2.64. The highest BCUT2D eigenvalue weighted by molar-refractivity contribution is 8.01. The first kappa shape index (κ1) is 17.8. The van der Waals surface area contributed by atoms with Gasteiger partial charge in [0.25, 0.3) is 0 Å². The number of thioether (sulfide) groups is 1. The highest BCUT2D eigenvalue weighted by Gasteiger charge is 2.35. The summed E-state index contributed by atoms with van der Waals surface area (Å²) in [5, 5.41) is 19.8. The van der Waals surface area contributed by atoms with E-state index in [9.17, 15) is 9.59 Å². The molecule has 0 unspecified atom stereocenters. The molecule has 1 atom stereocenters. The molecule has 1 fully saturated rings. The summed E-state index contributed by atoms with van der Waals surface area (Å²) in [6, 6.07) is 7.68. The number of benzene rings is 1. The second-order valence-corrected chi connectivity index (χ2v) is 7.99. The number of nitrogens with zero attached hydrogens (tertiary/aromatic N) is 3. The SMILES string of the molecule is Cc1ccc(N2C[C@@H](C(=O)Nc3nnc(SCCO)s3)CC2=O)cc1. The molecule has 0 saturated carbocycles. The van der Waals surface area contributed by atoms with Gasteiger partial charge in [0.2, 0.25) is 16.9 Å². The number of carbonyl (C=O) groups excluding carboxylic acids is 2. The molecule has 3 rings (SSSR count). The molecule has 0 spiro atoms. The first-order valence-corrected chi connectivity index (χ1v) is 9.62. The van der Waals surface area contributed by atoms with Gasteiger partial charge in [0.15, 0.2) is 4.34 Å². The molecular formula is C16H18N4O3S2. The highest BCUT2D eigenvalue weighted by atomic mass is 32.2. The molecule has 2 aromatic rings. The van der Waals surface area contributed by atoms with Gasteiger partial charge in [0.05, 0.1) is 12.5 Å². The van der Waals surface area contributed by atoms with Gasteiger partial charge in [-0.3, -0.25) is 9.59 Å². The van der Waals surface area contributed by atoms with Crippen molar-refractivity contribution in [2.24, 2.45) is 5.92 Å². The molecular weight excluding hydrogens is 360 g/mol. The molecule has 1 saturated heterocycles. The van der Waals surface area contributed by atoms with Gasteiger partial charge in [0, 0.05) is 24.4 Å². The minimum atomic E-state index is -0.411. The average Bonchev–Trinajstić information content (AvgIpc) is 3.20. The maximum Gasteiger partial charge on any atom is 0.231 e. The van der Waals surface area contributed by atoms with Crippen LogP contribution in [0.1, 0.15) is 12.0 Å². The van der Waals surface area contributed by atoms with Gasteiger partial charge in [-0.25, -0.2) is 0 Å². The Hall–Kier alpha value is -1.97. The van der Waals surface area contributed by atoms with E-state index in [1.54, 1.807) is 4.90 Å². The van der Waals surface area contributed by atoms with Crippen molar-refractivity contribution in [3.05, 3.63) is 29.8 Å². The van der Waals surface area contributed by atoms with Gasteiger partial charge in [-0.2, -0.15) is 0 Å². The summed E-state index contributed by atoms with van der Waals surface area (Å²) in [5.41, 5.74) is 1.93. The molecule has 0 bridgehead atoms. The van der Waals surface area contributed by atoms with Crippen molar-refractivity contribution >= 4 is 45.7 Å². The molecule has 25 heavy (non-hydrogen) atoms. The van der Waals surface area contributed by atoms with Gasteiger partial charge >= 0.3 is 0 Å². The lowest BCUT2D eigenvalue weighted by molar-refractivity contribution is -0.122. The zero-order valence-electron chi connectivity index (χ0n) is 13.6. The van der Waals surface area contributed by atoms with Crippen LogP contribution in [-0.4, -0.2) is 46.0 Å². The first-order valence-electron chi connectivity index (χ1n) is 7.82. The molecule has 2 heterocycles. The lowest BCUT2D eigenvalue weighted by Gasteiger charge is -2.16. The van der Waals surface area contributed by atoms with Crippen LogP contribution in [-0.2, 0) is 9.59 Å². The number of nitrogens with one attached hydrogen (secondary N) is 1. The molecule has 132 valence electrons. The van der Waals surface area contributed by atoms with Crippen molar-refractivity contribution < 1.29 is 14.7 Å². The predicted molar refractivity (Wildman–Crippen MR) is 98.0 cm³/mol. The number of aliphatic hydroxyl groups is 1. The van der Waals surface area contributed by atoms with Crippen LogP contribution in [0.25, 0.3) is 0 Å². The maximum absolute atomic E-state index is 12.4. The number of rotatable bonds is 6. The Kier molecular flexibility index (Phi) is 5.67. The van der Waals surface area contributed by atoms with E-state index in [1.165, 1.54) is 23.1 Å². The van der Waals surface area contributed by atoms with Gasteiger partial charge in [-0.1, -0.05) is 40.8 Å². The van der Waals surface area contributed by atoms with Crippen molar-refractivity contribution in [3.63, 3.8) is 0 Å². The molecule has 7 nitrogen and oxygen atoms in total. The van der Waals surface area contributed by atoms with Crippen LogP contribution in [0.2, 0.25) is 0 Å². The van der Waals surface area contributed by atoms with Crippen molar-refractivity contribution in [1.29, 1.82) is 0 Å². The predicted octanol–water partition coefficient (Wildman–Crippen LogP) is 1.92. The van der Waals surface area contributed by atoms with E-state index in [0.717, 1.165) is 11.3 Å². The fraction of sp³-hybridized carbons (Fsp3) is 0.375. The molecule has 1 aliphatic rings. The van der Waals surface area contributed by atoms with Gasteiger partial charge in [0.1, 0.15) is 0 Å². The molecule has 1 aliphatic heterocycles. The van der Waals surface area contributed by atoms with Crippen LogP contribution in [0.3, 0.4) is 0 Å². The highest BCUT2D eigenvalue weighted by Crippen LogP contribution is 2.28. The number of amides is 2. The van der Waals surface area contributed by atoms with Crippen LogP contribution in [0.4, 0.5) is 10.8 Å². The topological polar surface area (TPSA) is 95.4 Å². The Bertz CT molecular complexity index is 763. The van der Waals surface area contributed by atoms with Crippen LogP contribution < -0.4 is 10.2 Å². The zero-order valence-corrected chi connectivity index (χ0v) is 15.3. The van der Waals surface area contributed by atoms with Crippen molar-refractivity contribution in [2.45, 2.75) is 17.7 Å². The van der Waals surface area contributed by atoms with E-state index in [-0.39, 0.29) is 24.8 Å². The number of carbonyl (C=O) groups is 2. The third kappa shape index (κ3) is 4.36. The fourth-order valence-corrected chi connectivity index (χ4v) is 4.08. The number of hydrogen-bond acceptors (Lipinski definition) is 7. The lowest BCUT2D eigenvalue weighted by atomic mass is 10.1. The van der Waals surface area contributed by atoms with E-state index in [1.807, 2.05) is 31.2 Å². The van der Waals surface area contributed by atoms with E-state index < -0.39 is 5.92 Å². The van der Waals surface area contributed by atoms with Gasteiger partial charge < -0.3 is 15.3 Å². The Morgan fingerprint density at radius 3 is 2.88 bits per heavy atom. The second kappa shape index (κ2) is 7.94. The molecule has 0 aliphatic carbocycles. The van der Waals surface area contributed by atoms with E-state index in [4.69, 9.17) is 5.11 Å². The van der Waals surface area contributed by atoms with Crippen LogP contribution >= 0.6 is 23.1 Å². The molecule has 9 heteroatoms. The summed E-state index contributed by atoms with van der Waals surface area (Å²) < 4.78 is 0.688. The third-order valence-corrected chi connectivity index (χ3v) is 5.75. The summed E-state index contributed by atoms with van der Waals surface area (Å²) in [6.07, 6.45) is 0.185. The average molecular weight is 378 g/mol. The minimum absolute atomic E-state index is 0.0551. The van der Waals surface area contributed by atoms with E-state index in [2.05, 4.69) is 15.5 Å². The fourth-order valence-electron chi connectivity index (χ4n) is 2.52. The summed E-state index contributed by atoms with van der Waals surface area (Å²) in [4.78, 5) is 26.3. The van der Waals surface area contributed by atoms with E-state index >= 15 is 0 Å². The Balaban J connectivity index is 1.60. The second-order valence-electron chi connectivity index (χ2n) is 5.68. The standard InChI is InChI=1S/C16H18N4O3S2/c1-10-2-4-12(5-3-10)20-9-11(8-13(20)22)14(23)17-15-18-19-16(25-15)24-7-6-21/h2-5,11,21H,6-9H2,1H3,(H,17,18,23)/t11-/m0/s1. The molecule has 1 aromatic carbocycles. The van der Waals surface area contributed by atoms with Crippen molar-refractivity contribution in [3.8, 4) is 0 Å². The summed E-state index contributed by atoms with van der Waals surface area (Å²) in [7, 11) is 0. The molecule has 2 amide bonds. The zero-order chi connectivity index (χ0) is 17.8. The van der Waals surface area contributed by atoms with Crippen LogP contribution in [0.15, 0.2) is 28.6 Å². The summed E-state index contributed by atoms with van der Waals surface area (Å²) in [6.45, 7) is 2.41. The van der Waals surface area contributed by atoms with Crippen LogP contribution in [0.5, 0.6) is 0 Å². The number of aryl methyl sites for hydroxylation is 1. The maximum atomic E-state index is 12.4. The lowest BCUT2D eigenvalue weighted by Crippen LogP contribution is -2.28. The molecule has 0 radical (unpaired) electrons. The Labute approximate surface area is 153 Å². The van der Waals surface area contributed by atoms with Crippen LogP contribution in [0, 0.1) is 12.8 Å². The molecule has 2 N–H and O–H groups in total. The normalized spacial score (nSPS) is 17.1. The number of aromatic nitrogens is 2. The van der Waals surface area contributed by atoms with E-state index in [0.29, 0.717) is 21.8 Å². The number of aliphatic hydroxyl groups excluding tert-OH is 1. The monoisotopic (exact) mass is 378 g/mol. The van der Waals surface area contributed by atoms with Crippen molar-refractivity contribution in [1.82, 2.24) is 10.2 Å². The third-order valence-electron chi connectivity index (χ3n) is 3.79. The largest absolute Gasteiger partial charge is 0.396 e. The number of anilines is 2. The van der Waals surface area contributed by atoms with Gasteiger partial charge in [-0.05, 0) is 19.1 Å². The van der Waals surface area contributed by atoms with Gasteiger partial charge in [-0.15, -0.1) is 10.2 Å². The quantitative estimate of drug-likeness (QED) is 0.589. The number of hydrogen-bond donors (Lipinski definition) is 2. The summed E-state index contributed by atoms with van der Waals surface area (Å²) in [5.74, 6) is -0.157. The first-order chi connectivity index (χ1) is 12.1.